The molecule has 0 spiro atoms. The molecule has 2 aromatic rings. The van der Waals surface area contributed by atoms with E-state index in [2.05, 4.69) is 12.1 Å². The third kappa shape index (κ3) is 3.24. The molecule has 3 heteroatoms. The molecular weight excluding hydrogens is 265 g/mol. The minimum absolute atomic E-state index is 0.246. The van der Waals surface area contributed by atoms with Crippen LogP contribution in [0.3, 0.4) is 0 Å². The van der Waals surface area contributed by atoms with Crippen LogP contribution in [0.1, 0.15) is 35.1 Å². The molecule has 2 nitrogen and oxygen atoms in total. The summed E-state index contributed by atoms with van der Waals surface area (Å²) in [6.45, 7) is 0.596. The van der Waals surface area contributed by atoms with Crippen LogP contribution in [0.4, 0.5) is 4.39 Å². The first-order valence-corrected chi connectivity index (χ1v) is 7.48. The summed E-state index contributed by atoms with van der Waals surface area (Å²) >= 11 is 0. The van der Waals surface area contributed by atoms with Gasteiger partial charge in [-0.2, -0.15) is 0 Å². The van der Waals surface area contributed by atoms with Gasteiger partial charge in [-0.15, -0.1) is 0 Å². The molecule has 0 radical (unpaired) electrons. The van der Waals surface area contributed by atoms with Crippen molar-refractivity contribution in [2.75, 3.05) is 0 Å². The molecule has 0 saturated heterocycles. The minimum Gasteiger partial charge on any atom is -0.489 e. The van der Waals surface area contributed by atoms with Crippen molar-refractivity contribution in [1.29, 1.82) is 0 Å². The van der Waals surface area contributed by atoms with Crippen LogP contribution in [0.15, 0.2) is 36.4 Å². The lowest BCUT2D eigenvalue weighted by molar-refractivity contribution is 0.299. The molecule has 0 aromatic heterocycles. The van der Waals surface area contributed by atoms with Gasteiger partial charge in [0.05, 0.1) is 0 Å². The van der Waals surface area contributed by atoms with Gasteiger partial charge in [0.15, 0.2) is 0 Å². The number of aryl methyl sites for hydroxylation is 2. The van der Waals surface area contributed by atoms with Gasteiger partial charge in [-0.1, -0.05) is 18.2 Å². The van der Waals surface area contributed by atoms with Gasteiger partial charge in [-0.25, -0.2) is 4.39 Å². The van der Waals surface area contributed by atoms with Gasteiger partial charge in [0.1, 0.15) is 18.2 Å². The molecule has 0 unspecified atom stereocenters. The van der Waals surface area contributed by atoms with Gasteiger partial charge in [0.2, 0.25) is 0 Å². The number of fused-ring (bicyclic) bond motifs is 1. The van der Waals surface area contributed by atoms with Crippen LogP contribution >= 0.6 is 0 Å². The topological polar surface area (TPSA) is 35.2 Å². The smallest absolute Gasteiger partial charge is 0.130 e. The molecule has 0 bridgehead atoms. The number of ether oxygens (including phenoxy) is 1. The Morgan fingerprint density at radius 2 is 1.81 bits per heavy atom. The average molecular weight is 285 g/mol. The maximum atomic E-state index is 13.9. The first-order valence-electron chi connectivity index (χ1n) is 7.48. The van der Waals surface area contributed by atoms with Crippen molar-refractivity contribution >= 4 is 0 Å². The molecule has 0 aliphatic heterocycles. The summed E-state index contributed by atoms with van der Waals surface area (Å²) in [5.74, 6) is 0.564. The Morgan fingerprint density at radius 3 is 2.57 bits per heavy atom. The summed E-state index contributed by atoms with van der Waals surface area (Å²) in [6.07, 6.45) is 4.79. The number of halogens is 1. The highest BCUT2D eigenvalue weighted by Gasteiger charge is 2.10. The predicted molar refractivity (Wildman–Crippen MR) is 81.7 cm³/mol. The van der Waals surface area contributed by atoms with Crippen molar-refractivity contribution in [3.8, 4) is 5.75 Å². The van der Waals surface area contributed by atoms with Crippen molar-refractivity contribution in [1.82, 2.24) is 0 Å². The van der Waals surface area contributed by atoms with Gasteiger partial charge >= 0.3 is 0 Å². The van der Waals surface area contributed by atoms with Crippen LogP contribution in [0.5, 0.6) is 5.75 Å². The summed E-state index contributed by atoms with van der Waals surface area (Å²) in [5, 5.41) is 0. The molecule has 2 aromatic carbocycles. The van der Waals surface area contributed by atoms with Gasteiger partial charge in [-0.05, 0) is 60.6 Å². The second-order valence-electron chi connectivity index (χ2n) is 5.56. The van der Waals surface area contributed by atoms with Crippen LogP contribution in [-0.2, 0) is 26.0 Å². The Balaban J connectivity index is 1.70. The van der Waals surface area contributed by atoms with E-state index < -0.39 is 0 Å². The van der Waals surface area contributed by atoms with Crippen molar-refractivity contribution in [2.24, 2.45) is 5.73 Å². The van der Waals surface area contributed by atoms with Crippen LogP contribution < -0.4 is 10.5 Å². The van der Waals surface area contributed by atoms with Crippen LogP contribution in [0.25, 0.3) is 0 Å². The molecule has 0 heterocycles. The Kier molecular flexibility index (Phi) is 4.20. The second kappa shape index (κ2) is 6.27. The standard InChI is InChI=1S/C18H20FNO/c19-18-9-13(11-20)5-6-16(18)12-21-17-8-7-14-3-1-2-4-15(14)10-17/h5-10H,1-4,11-12,20H2. The first-order chi connectivity index (χ1) is 10.3. The van der Waals surface area contributed by atoms with Gasteiger partial charge in [0, 0.05) is 12.1 Å². The van der Waals surface area contributed by atoms with E-state index in [0.29, 0.717) is 12.1 Å². The Morgan fingerprint density at radius 1 is 1.00 bits per heavy atom. The van der Waals surface area contributed by atoms with E-state index in [4.69, 9.17) is 10.5 Å². The molecule has 2 N–H and O–H groups in total. The molecule has 1 aliphatic rings. The summed E-state index contributed by atoms with van der Waals surface area (Å²) in [4.78, 5) is 0. The highest BCUT2D eigenvalue weighted by Crippen LogP contribution is 2.26. The zero-order chi connectivity index (χ0) is 14.7. The van der Waals surface area contributed by atoms with Crippen LogP contribution in [0, 0.1) is 5.82 Å². The summed E-state index contributed by atoms with van der Waals surface area (Å²) in [6, 6.07) is 11.3. The first kappa shape index (κ1) is 14.1. The fraction of sp³-hybridized carbons (Fsp3) is 0.333. The third-order valence-corrected chi connectivity index (χ3v) is 4.07. The van der Waals surface area contributed by atoms with Crippen molar-refractivity contribution in [3.05, 3.63) is 64.5 Å². The summed E-state index contributed by atoms with van der Waals surface area (Å²) in [7, 11) is 0. The molecule has 0 fully saturated rings. The Bertz CT molecular complexity index is 639. The molecule has 0 atom stereocenters. The molecule has 21 heavy (non-hydrogen) atoms. The van der Waals surface area contributed by atoms with E-state index in [0.717, 1.165) is 24.2 Å². The van der Waals surface area contributed by atoms with Crippen molar-refractivity contribution in [2.45, 2.75) is 38.8 Å². The fourth-order valence-electron chi connectivity index (χ4n) is 2.80. The molecule has 0 amide bonds. The number of hydrogen-bond donors (Lipinski definition) is 1. The maximum Gasteiger partial charge on any atom is 0.130 e. The zero-order valence-electron chi connectivity index (χ0n) is 12.1. The average Bonchev–Trinajstić information content (AvgIpc) is 2.53. The normalized spacial score (nSPS) is 13.8. The second-order valence-corrected chi connectivity index (χ2v) is 5.56. The number of benzene rings is 2. The van der Waals surface area contributed by atoms with E-state index in [9.17, 15) is 4.39 Å². The van der Waals surface area contributed by atoms with Gasteiger partial charge in [0.25, 0.3) is 0 Å². The Labute approximate surface area is 124 Å². The van der Waals surface area contributed by atoms with E-state index >= 15 is 0 Å². The lowest BCUT2D eigenvalue weighted by Crippen LogP contribution is -2.04. The van der Waals surface area contributed by atoms with E-state index in [1.807, 2.05) is 12.1 Å². The van der Waals surface area contributed by atoms with E-state index in [-0.39, 0.29) is 12.4 Å². The van der Waals surface area contributed by atoms with Crippen molar-refractivity contribution < 1.29 is 9.13 Å². The summed E-state index contributed by atoms with van der Waals surface area (Å²) in [5.41, 5.74) is 9.65. The largest absolute Gasteiger partial charge is 0.489 e. The van der Waals surface area contributed by atoms with Gasteiger partial charge < -0.3 is 10.5 Å². The zero-order valence-corrected chi connectivity index (χ0v) is 12.1. The van der Waals surface area contributed by atoms with Crippen LogP contribution in [-0.4, -0.2) is 0 Å². The van der Waals surface area contributed by atoms with Gasteiger partial charge in [-0.3, -0.25) is 0 Å². The highest BCUT2D eigenvalue weighted by atomic mass is 19.1. The van der Waals surface area contributed by atoms with Crippen molar-refractivity contribution in [3.63, 3.8) is 0 Å². The SMILES string of the molecule is NCc1ccc(COc2ccc3c(c2)CCCC3)c(F)c1. The predicted octanol–water partition coefficient (Wildman–Crippen LogP) is 3.74. The van der Waals surface area contributed by atoms with Crippen LogP contribution in [0.2, 0.25) is 0 Å². The number of nitrogens with two attached hydrogens (primary N) is 1. The number of rotatable bonds is 4. The number of hydrogen-bond acceptors (Lipinski definition) is 2. The highest BCUT2D eigenvalue weighted by molar-refractivity contribution is 5.37. The third-order valence-electron chi connectivity index (χ3n) is 4.07. The fourth-order valence-corrected chi connectivity index (χ4v) is 2.80. The molecule has 1 aliphatic carbocycles. The minimum atomic E-state index is -0.254. The lowest BCUT2D eigenvalue weighted by atomic mass is 9.92. The molecular formula is C18H20FNO. The molecule has 0 saturated carbocycles. The van der Waals surface area contributed by atoms with E-state index in [1.165, 1.54) is 30.0 Å². The monoisotopic (exact) mass is 285 g/mol. The Hall–Kier alpha value is -1.87. The summed E-state index contributed by atoms with van der Waals surface area (Å²) < 4.78 is 19.6. The quantitative estimate of drug-likeness (QED) is 0.928. The van der Waals surface area contributed by atoms with E-state index in [1.54, 1.807) is 6.07 Å². The maximum absolute atomic E-state index is 13.9. The molecule has 110 valence electrons. The lowest BCUT2D eigenvalue weighted by Gasteiger charge is -2.17. The molecule has 3 rings (SSSR count).